The number of carbonyl (C=O) groups is 1. The molecule has 1 heterocycles. The van der Waals surface area contributed by atoms with Crippen LogP contribution in [-0.2, 0) is 13.2 Å². The van der Waals surface area contributed by atoms with Gasteiger partial charge in [0.25, 0.3) is 5.91 Å². The summed E-state index contributed by atoms with van der Waals surface area (Å²) < 4.78 is 0. The molecule has 2 rings (SSSR count). The largest absolute Gasteiger partial charge is 0.392 e. The van der Waals surface area contributed by atoms with Gasteiger partial charge in [0.05, 0.1) is 12.1 Å². The minimum atomic E-state index is -0.195. The second-order valence-electron chi connectivity index (χ2n) is 3.48. The summed E-state index contributed by atoms with van der Waals surface area (Å²) in [7, 11) is 0. The zero-order valence-electron chi connectivity index (χ0n) is 9.09. The van der Waals surface area contributed by atoms with Gasteiger partial charge in [-0.05, 0) is 11.1 Å². The molecule has 0 saturated carbocycles. The number of aliphatic hydroxyl groups excluding tert-OH is 1. The van der Waals surface area contributed by atoms with Crippen molar-refractivity contribution >= 4 is 17.2 Å². The quantitative estimate of drug-likeness (QED) is 0.863. The Hall–Kier alpha value is -1.72. The van der Waals surface area contributed by atoms with Crippen molar-refractivity contribution in [2.45, 2.75) is 13.2 Å². The number of hydrogen-bond acceptors (Lipinski definition) is 4. The van der Waals surface area contributed by atoms with Crippen molar-refractivity contribution in [3.05, 3.63) is 52.0 Å². The van der Waals surface area contributed by atoms with Gasteiger partial charge in [-0.2, -0.15) is 0 Å². The normalized spacial score (nSPS) is 10.2. The first-order valence-electron chi connectivity index (χ1n) is 5.15. The van der Waals surface area contributed by atoms with Crippen LogP contribution in [0.15, 0.2) is 35.2 Å². The lowest BCUT2D eigenvalue weighted by Gasteiger charge is -2.07. The van der Waals surface area contributed by atoms with E-state index in [1.807, 2.05) is 24.3 Å². The first kappa shape index (κ1) is 11.8. The number of carbonyl (C=O) groups excluding carboxylic acids is 1. The van der Waals surface area contributed by atoms with Crippen molar-refractivity contribution in [3.63, 3.8) is 0 Å². The third-order valence-corrected chi connectivity index (χ3v) is 2.98. The van der Waals surface area contributed by atoms with Crippen molar-refractivity contribution in [2.75, 3.05) is 0 Å². The Morgan fingerprint density at radius 1 is 1.35 bits per heavy atom. The summed E-state index contributed by atoms with van der Waals surface area (Å²) in [5.74, 6) is -0.195. The molecular formula is C12H12N2O2S. The van der Waals surface area contributed by atoms with E-state index in [2.05, 4.69) is 10.3 Å². The van der Waals surface area contributed by atoms with Crippen molar-refractivity contribution in [3.8, 4) is 0 Å². The van der Waals surface area contributed by atoms with Gasteiger partial charge in [0.2, 0.25) is 0 Å². The molecule has 0 spiro atoms. The SMILES string of the molecule is O=C(NCc1ccccc1CO)c1cscn1. The predicted molar refractivity (Wildman–Crippen MR) is 65.6 cm³/mol. The Labute approximate surface area is 103 Å². The van der Waals surface area contributed by atoms with Gasteiger partial charge in [-0.1, -0.05) is 24.3 Å². The Morgan fingerprint density at radius 3 is 2.76 bits per heavy atom. The second-order valence-corrected chi connectivity index (χ2v) is 4.20. The lowest BCUT2D eigenvalue weighted by atomic mass is 10.1. The predicted octanol–water partition coefficient (Wildman–Crippen LogP) is 1.57. The highest BCUT2D eigenvalue weighted by atomic mass is 32.1. The molecule has 0 atom stereocenters. The molecular weight excluding hydrogens is 236 g/mol. The van der Waals surface area contributed by atoms with Crippen LogP contribution in [0.25, 0.3) is 0 Å². The third-order valence-electron chi connectivity index (χ3n) is 2.39. The summed E-state index contributed by atoms with van der Waals surface area (Å²) in [6.45, 7) is 0.371. The zero-order valence-corrected chi connectivity index (χ0v) is 9.91. The average molecular weight is 248 g/mol. The zero-order chi connectivity index (χ0) is 12.1. The Morgan fingerprint density at radius 2 is 2.12 bits per heavy atom. The van der Waals surface area contributed by atoms with Crippen LogP contribution >= 0.6 is 11.3 Å². The number of amides is 1. The highest BCUT2D eigenvalue weighted by Crippen LogP contribution is 2.08. The fraction of sp³-hybridized carbons (Fsp3) is 0.167. The molecule has 0 saturated heterocycles. The van der Waals surface area contributed by atoms with Gasteiger partial charge in [0.1, 0.15) is 5.69 Å². The lowest BCUT2D eigenvalue weighted by Crippen LogP contribution is -2.23. The molecule has 88 valence electrons. The number of hydrogen-bond donors (Lipinski definition) is 2. The average Bonchev–Trinajstić information content (AvgIpc) is 2.90. The fourth-order valence-electron chi connectivity index (χ4n) is 1.47. The Bertz CT molecular complexity index is 497. The third kappa shape index (κ3) is 2.89. The molecule has 17 heavy (non-hydrogen) atoms. The Balaban J connectivity index is 2.00. The van der Waals surface area contributed by atoms with Gasteiger partial charge in [-0.25, -0.2) is 4.98 Å². The standard InChI is InChI=1S/C12H12N2O2S/c15-6-10-4-2-1-3-9(10)5-13-12(16)11-7-17-8-14-11/h1-4,7-8,15H,5-6H2,(H,13,16). The summed E-state index contributed by atoms with van der Waals surface area (Å²) in [5, 5.41) is 13.6. The maximum atomic E-state index is 11.6. The van der Waals surface area contributed by atoms with Gasteiger partial charge >= 0.3 is 0 Å². The van der Waals surface area contributed by atoms with Gasteiger partial charge in [0, 0.05) is 11.9 Å². The Kier molecular flexibility index (Phi) is 3.85. The van der Waals surface area contributed by atoms with Gasteiger partial charge in [-0.3, -0.25) is 4.79 Å². The molecule has 0 aliphatic heterocycles. The van der Waals surface area contributed by atoms with Crippen LogP contribution in [0.4, 0.5) is 0 Å². The number of thiazole rings is 1. The molecule has 0 unspecified atom stereocenters. The monoisotopic (exact) mass is 248 g/mol. The summed E-state index contributed by atoms with van der Waals surface area (Å²) in [5.41, 5.74) is 3.79. The fourth-order valence-corrected chi connectivity index (χ4v) is 2.01. The molecule has 2 aromatic rings. The molecule has 0 aliphatic carbocycles. The molecule has 1 aromatic carbocycles. The number of aliphatic hydroxyl groups is 1. The smallest absolute Gasteiger partial charge is 0.271 e. The van der Waals surface area contributed by atoms with E-state index in [0.29, 0.717) is 12.2 Å². The van der Waals surface area contributed by atoms with E-state index in [1.165, 1.54) is 11.3 Å². The van der Waals surface area contributed by atoms with Crippen molar-refractivity contribution in [2.24, 2.45) is 0 Å². The van der Waals surface area contributed by atoms with Crippen LogP contribution in [-0.4, -0.2) is 16.0 Å². The van der Waals surface area contributed by atoms with Crippen molar-refractivity contribution in [1.82, 2.24) is 10.3 Å². The number of nitrogens with zero attached hydrogens (tertiary/aromatic N) is 1. The molecule has 1 aromatic heterocycles. The number of rotatable bonds is 4. The van der Waals surface area contributed by atoms with E-state index in [1.54, 1.807) is 10.9 Å². The topological polar surface area (TPSA) is 62.2 Å². The van der Waals surface area contributed by atoms with Crippen LogP contribution in [0.3, 0.4) is 0 Å². The van der Waals surface area contributed by atoms with Crippen LogP contribution in [0.1, 0.15) is 21.6 Å². The van der Waals surface area contributed by atoms with E-state index in [-0.39, 0.29) is 12.5 Å². The van der Waals surface area contributed by atoms with Crippen LogP contribution in [0, 0.1) is 0 Å². The van der Waals surface area contributed by atoms with Crippen molar-refractivity contribution in [1.29, 1.82) is 0 Å². The first-order valence-corrected chi connectivity index (χ1v) is 6.09. The van der Waals surface area contributed by atoms with Crippen molar-refractivity contribution < 1.29 is 9.90 Å². The number of nitrogens with one attached hydrogen (secondary N) is 1. The van der Waals surface area contributed by atoms with Gasteiger partial charge < -0.3 is 10.4 Å². The van der Waals surface area contributed by atoms with Crippen LogP contribution in [0.2, 0.25) is 0 Å². The molecule has 4 nitrogen and oxygen atoms in total. The maximum Gasteiger partial charge on any atom is 0.271 e. The number of benzene rings is 1. The molecule has 0 bridgehead atoms. The van der Waals surface area contributed by atoms with Crippen LogP contribution < -0.4 is 5.32 Å². The van der Waals surface area contributed by atoms with E-state index in [0.717, 1.165) is 11.1 Å². The minimum Gasteiger partial charge on any atom is -0.392 e. The van der Waals surface area contributed by atoms with E-state index in [9.17, 15) is 4.79 Å². The van der Waals surface area contributed by atoms with E-state index >= 15 is 0 Å². The lowest BCUT2D eigenvalue weighted by molar-refractivity contribution is 0.0946. The second kappa shape index (κ2) is 5.56. The number of aromatic nitrogens is 1. The molecule has 0 fully saturated rings. The van der Waals surface area contributed by atoms with Gasteiger partial charge in [-0.15, -0.1) is 11.3 Å². The summed E-state index contributed by atoms with van der Waals surface area (Å²) in [6.07, 6.45) is 0. The molecule has 5 heteroatoms. The van der Waals surface area contributed by atoms with Gasteiger partial charge in [0.15, 0.2) is 0 Å². The first-order chi connectivity index (χ1) is 8.31. The molecule has 0 radical (unpaired) electrons. The van der Waals surface area contributed by atoms with E-state index < -0.39 is 0 Å². The summed E-state index contributed by atoms with van der Waals surface area (Å²) in [4.78, 5) is 15.6. The highest BCUT2D eigenvalue weighted by Gasteiger charge is 2.07. The summed E-state index contributed by atoms with van der Waals surface area (Å²) >= 11 is 1.39. The summed E-state index contributed by atoms with van der Waals surface area (Å²) in [6, 6.07) is 7.46. The maximum absolute atomic E-state index is 11.6. The molecule has 0 aliphatic rings. The minimum absolute atomic E-state index is 0.0251. The highest BCUT2D eigenvalue weighted by molar-refractivity contribution is 7.07. The molecule has 1 amide bonds. The molecule has 2 N–H and O–H groups in total. The van der Waals surface area contributed by atoms with Crippen LogP contribution in [0.5, 0.6) is 0 Å². The van der Waals surface area contributed by atoms with E-state index in [4.69, 9.17) is 5.11 Å².